The molecule has 90 valence electrons. The van der Waals surface area contributed by atoms with E-state index in [1.54, 1.807) is 6.92 Å². The number of nitrogens with one attached hydrogen (secondary N) is 2. The predicted molar refractivity (Wildman–Crippen MR) is 52.6 cm³/mol. The fraction of sp³-hybridized carbons (Fsp3) is 0.625. The van der Waals surface area contributed by atoms with Crippen molar-refractivity contribution in [1.82, 2.24) is 20.5 Å². The van der Waals surface area contributed by atoms with Crippen molar-refractivity contribution in [2.45, 2.75) is 12.5 Å². The van der Waals surface area contributed by atoms with Gasteiger partial charge in [0.25, 0.3) is 5.91 Å². The molecule has 0 atom stereocenters. The number of aromatic amines is 1. The lowest BCUT2D eigenvalue weighted by Crippen LogP contribution is -2.57. The molecule has 0 unspecified atom stereocenters. The maximum absolute atomic E-state index is 11.6. The Morgan fingerprint density at radius 2 is 1.94 bits per heavy atom. The molecule has 0 spiro atoms. The van der Waals surface area contributed by atoms with Gasteiger partial charge in [-0.1, -0.05) is 0 Å². The van der Waals surface area contributed by atoms with Gasteiger partial charge in [-0.05, 0) is 6.92 Å². The second-order valence-corrected chi connectivity index (χ2v) is 3.45. The van der Waals surface area contributed by atoms with Gasteiger partial charge in [-0.25, -0.2) is 4.98 Å². The fourth-order valence-corrected chi connectivity index (χ4v) is 1.01. The van der Waals surface area contributed by atoms with Crippen molar-refractivity contribution in [2.24, 2.45) is 0 Å². The number of H-pyrrole nitrogens is 1. The van der Waals surface area contributed by atoms with Gasteiger partial charge in [0, 0.05) is 0 Å². The molecule has 5 N–H and O–H groups in total. The van der Waals surface area contributed by atoms with Crippen LogP contribution in [0.15, 0.2) is 0 Å². The van der Waals surface area contributed by atoms with E-state index in [-0.39, 0.29) is 5.82 Å². The van der Waals surface area contributed by atoms with Crippen molar-refractivity contribution in [1.29, 1.82) is 0 Å². The van der Waals surface area contributed by atoms with Crippen molar-refractivity contribution in [3.63, 3.8) is 0 Å². The Kier molecular flexibility index (Phi) is 3.93. The third-order valence-corrected chi connectivity index (χ3v) is 2.09. The first-order chi connectivity index (χ1) is 7.56. The molecule has 1 rings (SSSR count). The average molecular weight is 230 g/mol. The highest BCUT2D eigenvalue weighted by atomic mass is 16.3. The lowest BCUT2D eigenvalue weighted by atomic mass is 10.0. The highest BCUT2D eigenvalue weighted by Gasteiger charge is 2.31. The van der Waals surface area contributed by atoms with E-state index < -0.39 is 31.3 Å². The molecular formula is C8H14N4O4. The maximum Gasteiger partial charge on any atom is 0.291 e. The van der Waals surface area contributed by atoms with Gasteiger partial charge in [0.1, 0.15) is 11.4 Å². The van der Waals surface area contributed by atoms with E-state index in [0.717, 1.165) is 0 Å². The fourth-order valence-electron chi connectivity index (χ4n) is 1.01. The maximum atomic E-state index is 11.6. The molecule has 1 aromatic heterocycles. The van der Waals surface area contributed by atoms with Crippen LogP contribution in [0.2, 0.25) is 0 Å². The zero-order chi connectivity index (χ0) is 12.2. The lowest BCUT2D eigenvalue weighted by molar-refractivity contribution is 0.0371. The molecule has 0 bridgehead atoms. The van der Waals surface area contributed by atoms with E-state index in [2.05, 4.69) is 20.5 Å². The normalized spacial score (nSPS) is 11.5. The molecule has 8 nitrogen and oxygen atoms in total. The van der Waals surface area contributed by atoms with Gasteiger partial charge in [0.15, 0.2) is 0 Å². The third-order valence-electron chi connectivity index (χ3n) is 2.09. The number of amides is 1. The molecule has 1 heterocycles. The minimum Gasteiger partial charge on any atom is -0.394 e. The van der Waals surface area contributed by atoms with Gasteiger partial charge in [-0.3, -0.25) is 9.89 Å². The highest BCUT2D eigenvalue weighted by Crippen LogP contribution is 2.03. The zero-order valence-corrected chi connectivity index (χ0v) is 8.77. The van der Waals surface area contributed by atoms with Crippen molar-refractivity contribution in [3.05, 3.63) is 11.6 Å². The Morgan fingerprint density at radius 1 is 1.38 bits per heavy atom. The molecule has 0 aromatic carbocycles. The van der Waals surface area contributed by atoms with Crippen molar-refractivity contribution < 1.29 is 20.1 Å². The average Bonchev–Trinajstić information content (AvgIpc) is 2.73. The minimum atomic E-state index is -1.47. The van der Waals surface area contributed by atoms with E-state index in [1.165, 1.54) is 0 Å². The number of aliphatic hydroxyl groups is 3. The molecule has 1 aromatic rings. The van der Waals surface area contributed by atoms with Crippen LogP contribution < -0.4 is 5.32 Å². The highest BCUT2D eigenvalue weighted by molar-refractivity contribution is 5.90. The number of hydrogen-bond acceptors (Lipinski definition) is 6. The molecule has 0 aliphatic rings. The second-order valence-electron chi connectivity index (χ2n) is 3.45. The quantitative estimate of drug-likeness (QED) is 0.382. The van der Waals surface area contributed by atoms with E-state index in [1.807, 2.05) is 0 Å². The molecule has 0 radical (unpaired) electrons. The SMILES string of the molecule is Cc1nc(C(=O)NC(CO)(CO)CO)n[nH]1. The van der Waals surface area contributed by atoms with Crippen LogP contribution in [0.1, 0.15) is 16.4 Å². The summed E-state index contributed by atoms with van der Waals surface area (Å²) in [5.41, 5.74) is -1.47. The number of aromatic nitrogens is 3. The van der Waals surface area contributed by atoms with Gasteiger partial charge in [-0.2, -0.15) is 0 Å². The Bertz CT molecular complexity index is 352. The minimum absolute atomic E-state index is 0.114. The van der Waals surface area contributed by atoms with Crippen molar-refractivity contribution in [2.75, 3.05) is 19.8 Å². The first-order valence-electron chi connectivity index (χ1n) is 4.61. The largest absolute Gasteiger partial charge is 0.394 e. The van der Waals surface area contributed by atoms with Crippen LogP contribution in [0.25, 0.3) is 0 Å². The molecule has 0 aliphatic heterocycles. The first kappa shape index (κ1) is 12.6. The Morgan fingerprint density at radius 3 is 2.31 bits per heavy atom. The standard InChI is InChI=1S/C8H14N4O4/c1-5-9-6(12-11-5)7(16)10-8(2-13,3-14)4-15/h13-15H,2-4H2,1H3,(H,10,16)(H,9,11,12). The number of aryl methyl sites for hydroxylation is 1. The molecule has 0 saturated heterocycles. The molecule has 8 heteroatoms. The number of carbonyl (C=O) groups is 1. The number of nitrogens with zero attached hydrogens (tertiary/aromatic N) is 2. The second kappa shape index (κ2) is 5.01. The van der Waals surface area contributed by atoms with Crippen LogP contribution in [0.3, 0.4) is 0 Å². The summed E-state index contributed by atoms with van der Waals surface area (Å²) in [6, 6.07) is 0. The number of carbonyl (C=O) groups excluding carboxylic acids is 1. The molecular weight excluding hydrogens is 216 g/mol. The number of hydrogen-bond donors (Lipinski definition) is 5. The topological polar surface area (TPSA) is 131 Å². The summed E-state index contributed by atoms with van der Waals surface area (Å²) in [7, 11) is 0. The summed E-state index contributed by atoms with van der Waals surface area (Å²) < 4.78 is 0. The van der Waals surface area contributed by atoms with E-state index >= 15 is 0 Å². The summed E-state index contributed by atoms with van der Waals surface area (Å²) in [5.74, 6) is -0.327. The summed E-state index contributed by atoms with van der Waals surface area (Å²) in [6.07, 6.45) is 0. The Balaban J connectivity index is 2.76. The molecule has 0 aliphatic carbocycles. The molecule has 1 amide bonds. The summed E-state index contributed by atoms with van der Waals surface area (Å²) in [6.45, 7) is -0.138. The van der Waals surface area contributed by atoms with Crippen LogP contribution in [-0.4, -0.2) is 61.8 Å². The lowest BCUT2D eigenvalue weighted by Gasteiger charge is -2.27. The molecule has 0 saturated carbocycles. The predicted octanol–water partition coefficient (Wildman–Crippen LogP) is -2.44. The summed E-state index contributed by atoms with van der Waals surface area (Å²) >= 11 is 0. The number of aliphatic hydroxyl groups excluding tert-OH is 3. The van der Waals surface area contributed by atoms with Gasteiger partial charge in [0.2, 0.25) is 5.82 Å². The third kappa shape index (κ3) is 2.54. The Labute approximate surface area is 91.3 Å². The van der Waals surface area contributed by atoms with Crippen molar-refractivity contribution >= 4 is 5.91 Å². The van der Waals surface area contributed by atoms with Crippen LogP contribution in [0.4, 0.5) is 0 Å². The zero-order valence-electron chi connectivity index (χ0n) is 8.77. The van der Waals surface area contributed by atoms with Crippen LogP contribution in [-0.2, 0) is 0 Å². The van der Waals surface area contributed by atoms with Gasteiger partial charge in [0.05, 0.1) is 19.8 Å². The van der Waals surface area contributed by atoms with Crippen LogP contribution >= 0.6 is 0 Å². The van der Waals surface area contributed by atoms with E-state index in [0.29, 0.717) is 5.82 Å². The van der Waals surface area contributed by atoms with Gasteiger partial charge >= 0.3 is 0 Å². The Hall–Kier alpha value is -1.51. The molecule has 16 heavy (non-hydrogen) atoms. The van der Waals surface area contributed by atoms with Crippen LogP contribution in [0.5, 0.6) is 0 Å². The molecule has 0 fully saturated rings. The summed E-state index contributed by atoms with van der Waals surface area (Å²) in [4.78, 5) is 15.3. The van der Waals surface area contributed by atoms with E-state index in [9.17, 15) is 4.79 Å². The monoisotopic (exact) mass is 230 g/mol. The number of rotatable bonds is 5. The summed E-state index contributed by atoms with van der Waals surface area (Å²) in [5, 5.41) is 35.3. The smallest absolute Gasteiger partial charge is 0.291 e. The first-order valence-corrected chi connectivity index (χ1v) is 4.61. The van der Waals surface area contributed by atoms with E-state index in [4.69, 9.17) is 15.3 Å². The van der Waals surface area contributed by atoms with Crippen LogP contribution in [0, 0.1) is 6.92 Å². The van der Waals surface area contributed by atoms with Gasteiger partial charge in [-0.15, -0.1) is 5.10 Å². The van der Waals surface area contributed by atoms with Gasteiger partial charge < -0.3 is 20.6 Å². The van der Waals surface area contributed by atoms with Crippen molar-refractivity contribution in [3.8, 4) is 0 Å².